The van der Waals surface area contributed by atoms with Crippen molar-refractivity contribution in [1.29, 1.82) is 0 Å². The molecule has 3 atom stereocenters. The Morgan fingerprint density at radius 2 is 1.91 bits per heavy atom. The second kappa shape index (κ2) is 14.5. The Morgan fingerprint density at radius 3 is 2.62 bits per heavy atom. The number of fused-ring (bicyclic) bond motifs is 1. The maximum absolute atomic E-state index is 12.8. The van der Waals surface area contributed by atoms with Gasteiger partial charge in [0.05, 0.1) is 36.7 Å². The smallest absolute Gasteiger partial charge is 0.311 e. The van der Waals surface area contributed by atoms with Crippen LogP contribution >= 0.6 is 0 Å². The number of nitrogens with zero attached hydrogens (tertiary/aromatic N) is 5. The number of benzene rings is 2. The summed E-state index contributed by atoms with van der Waals surface area (Å²) in [5.74, 6) is 1.33. The van der Waals surface area contributed by atoms with Gasteiger partial charge in [0, 0.05) is 11.1 Å². The average molecular weight is 611 g/mol. The lowest BCUT2D eigenvalue weighted by Crippen LogP contribution is -2.23. The molecule has 2 aromatic carbocycles. The number of rotatable bonds is 13. The van der Waals surface area contributed by atoms with Gasteiger partial charge in [0.15, 0.2) is 6.29 Å². The number of tetrazole rings is 1. The first-order chi connectivity index (χ1) is 21.8. The highest BCUT2D eigenvalue weighted by Crippen LogP contribution is 2.36. The van der Waals surface area contributed by atoms with Crippen LogP contribution < -0.4 is 4.74 Å². The highest BCUT2D eigenvalue weighted by molar-refractivity contribution is 5.83. The third-order valence-corrected chi connectivity index (χ3v) is 8.53. The van der Waals surface area contributed by atoms with Crippen molar-refractivity contribution in [3.05, 3.63) is 84.0 Å². The monoisotopic (exact) mass is 610 g/mol. The Bertz CT molecular complexity index is 1680. The molecule has 0 radical (unpaired) electrons. The molecule has 236 valence electrons. The molecule has 0 amide bonds. The first kappa shape index (κ1) is 31.8. The number of H-pyrrole nitrogens is 1. The van der Waals surface area contributed by atoms with Gasteiger partial charge in [-0.25, -0.2) is 0 Å². The summed E-state index contributed by atoms with van der Waals surface area (Å²) in [7, 11) is 0. The Hall–Kier alpha value is -4.57. The van der Waals surface area contributed by atoms with Crippen molar-refractivity contribution in [3.63, 3.8) is 0 Å². The first-order valence-corrected chi connectivity index (χ1v) is 15.6. The average Bonchev–Trinajstić information content (AvgIpc) is 3.78. The van der Waals surface area contributed by atoms with Crippen molar-refractivity contribution in [1.82, 2.24) is 30.2 Å². The van der Waals surface area contributed by atoms with Gasteiger partial charge in [-0.05, 0) is 73.4 Å². The zero-order valence-corrected chi connectivity index (χ0v) is 26.7. The van der Waals surface area contributed by atoms with Gasteiger partial charge >= 0.3 is 5.97 Å². The number of carbonyl (C=O) groups is 1. The molecule has 1 fully saturated rings. The number of hydrogen-bond donors (Lipinski definition) is 1. The van der Waals surface area contributed by atoms with E-state index in [1.165, 1.54) is 0 Å². The molecule has 10 nitrogen and oxygen atoms in total. The van der Waals surface area contributed by atoms with E-state index in [1.54, 1.807) is 6.92 Å². The molecule has 1 N–H and O–H groups in total. The van der Waals surface area contributed by atoms with Crippen molar-refractivity contribution in [2.75, 3.05) is 6.61 Å². The van der Waals surface area contributed by atoms with Crippen LogP contribution in [0.4, 0.5) is 0 Å². The van der Waals surface area contributed by atoms with Gasteiger partial charge in [-0.15, -0.1) is 10.2 Å². The van der Waals surface area contributed by atoms with Gasteiger partial charge in [0.25, 0.3) is 6.01 Å². The predicted octanol–water partition coefficient (Wildman–Crippen LogP) is 6.92. The van der Waals surface area contributed by atoms with Gasteiger partial charge in [0.1, 0.15) is 0 Å². The Kier molecular flexibility index (Phi) is 10.2. The topological polar surface area (TPSA) is 117 Å². The molecule has 0 spiro atoms. The van der Waals surface area contributed by atoms with Crippen LogP contribution in [0.5, 0.6) is 6.01 Å². The molecule has 1 saturated carbocycles. The van der Waals surface area contributed by atoms with E-state index in [9.17, 15) is 4.79 Å². The molecule has 0 saturated heterocycles. The third kappa shape index (κ3) is 7.39. The molecular weight excluding hydrogens is 568 g/mol. The van der Waals surface area contributed by atoms with E-state index in [4.69, 9.17) is 19.2 Å². The molecule has 3 unspecified atom stereocenters. The SMILES string of the molecule is C=C(/C=C\C(=CC)Cn1c(OCC)nc2cccc(COC(C)OC(=O)C3CC(C)C(C)C3)c21)c1ccccc1-c1nn[nH]n1. The van der Waals surface area contributed by atoms with Crippen LogP contribution in [-0.2, 0) is 27.4 Å². The van der Waals surface area contributed by atoms with Crippen molar-refractivity contribution in [2.24, 2.45) is 17.8 Å². The molecule has 1 aliphatic rings. The molecule has 2 heterocycles. The van der Waals surface area contributed by atoms with Crippen LogP contribution in [-0.4, -0.2) is 49.0 Å². The maximum atomic E-state index is 12.8. The second-order valence-corrected chi connectivity index (χ2v) is 11.6. The van der Waals surface area contributed by atoms with Gasteiger partial charge in [0.2, 0.25) is 5.82 Å². The molecular formula is C35H42N6O4. The summed E-state index contributed by atoms with van der Waals surface area (Å²) < 4.78 is 19.8. The summed E-state index contributed by atoms with van der Waals surface area (Å²) in [6.07, 6.45) is 7.15. The maximum Gasteiger partial charge on any atom is 0.311 e. The van der Waals surface area contributed by atoms with E-state index in [2.05, 4.69) is 51.7 Å². The number of carbonyl (C=O) groups excluding carboxylic acids is 1. The minimum absolute atomic E-state index is 0.0597. The van der Waals surface area contributed by atoms with E-state index in [0.717, 1.165) is 51.7 Å². The molecule has 10 heteroatoms. The second-order valence-electron chi connectivity index (χ2n) is 11.6. The fourth-order valence-corrected chi connectivity index (χ4v) is 5.85. The van der Waals surface area contributed by atoms with Gasteiger partial charge in [-0.2, -0.15) is 10.2 Å². The number of esters is 1. The molecule has 0 bridgehead atoms. The fraction of sp³-hybridized carbons (Fsp3) is 0.400. The normalized spacial score (nSPS) is 19.3. The molecule has 5 rings (SSSR count). The Labute approximate surface area is 264 Å². The van der Waals surface area contributed by atoms with E-state index in [-0.39, 0.29) is 18.5 Å². The highest BCUT2D eigenvalue weighted by Gasteiger charge is 2.34. The summed E-state index contributed by atoms with van der Waals surface area (Å²) in [5, 5.41) is 14.5. The number of aromatic amines is 1. The summed E-state index contributed by atoms with van der Waals surface area (Å²) in [4.78, 5) is 17.6. The molecule has 2 aromatic heterocycles. The van der Waals surface area contributed by atoms with E-state index < -0.39 is 6.29 Å². The Balaban J connectivity index is 1.33. The first-order valence-electron chi connectivity index (χ1n) is 15.6. The van der Waals surface area contributed by atoms with Gasteiger partial charge < -0.3 is 14.2 Å². The zero-order valence-electron chi connectivity index (χ0n) is 26.7. The highest BCUT2D eigenvalue weighted by atomic mass is 16.7. The number of allylic oxidation sites excluding steroid dienone is 5. The Morgan fingerprint density at radius 1 is 1.13 bits per heavy atom. The van der Waals surface area contributed by atoms with Gasteiger partial charge in [-0.3, -0.25) is 9.36 Å². The zero-order chi connectivity index (χ0) is 31.9. The van der Waals surface area contributed by atoms with E-state index in [0.29, 0.717) is 36.8 Å². The van der Waals surface area contributed by atoms with Crippen LogP contribution in [0.1, 0.15) is 58.6 Å². The number of imidazole rings is 1. The quantitative estimate of drug-likeness (QED) is 0.0985. The van der Waals surface area contributed by atoms with E-state index >= 15 is 0 Å². The van der Waals surface area contributed by atoms with Crippen molar-refractivity contribution >= 4 is 22.6 Å². The minimum atomic E-state index is -0.669. The number of para-hydroxylation sites is 1. The summed E-state index contributed by atoms with van der Waals surface area (Å²) in [6.45, 7) is 15.7. The van der Waals surface area contributed by atoms with Crippen molar-refractivity contribution in [2.45, 2.75) is 66.9 Å². The standard InChI is InChI=1S/C35H42N6O4/c1-7-26(17-16-22(3)29-13-9-10-14-30(29)33-37-39-40-38-33)20-41-32-27(12-11-15-31(32)36-35(41)43-8-2)21-44-25(6)45-34(42)28-18-23(4)24(5)19-28/h7,9-17,23-25,28H,3,8,18-21H2,1-2,4-6H3,(H,37,38,39,40)/b17-16-,26-7?. The molecule has 1 aliphatic carbocycles. The number of hydrogen-bond acceptors (Lipinski definition) is 8. The third-order valence-electron chi connectivity index (χ3n) is 8.53. The number of ether oxygens (including phenoxy) is 3. The summed E-state index contributed by atoms with van der Waals surface area (Å²) in [6, 6.07) is 14.3. The van der Waals surface area contributed by atoms with Crippen LogP contribution in [0.25, 0.3) is 28.0 Å². The minimum Gasteiger partial charge on any atom is -0.465 e. The van der Waals surface area contributed by atoms with Gasteiger partial charge in [-0.1, -0.05) is 75.1 Å². The summed E-state index contributed by atoms with van der Waals surface area (Å²) in [5.41, 5.74) is 6.25. The van der Waals surface area contributed by atoms with Crippen LogP contribution in [0.2, 0.25) is 0 Å². The summed E-state index contributed by atoms with van der Waals surface area (Å²) >= 11 is 0. The predicted molar refractivity (Wildman–Crippen MR) is 174 cm³/mol. The van der Waals surface area contributed by atoms with E-state index in [1.807, 2.05) is 68.5 Å². The molecule has 4 aromatic rings. The molecule has 45 heavy (non-hydrogen) atoms. The molecule has 0 aliphatic heterocycles. The number of aromatic nitrogens is 6. The van der Waals surface area contributed by atoms with Crippen LogP contribution in [0.15, 0.2) is 72.8 Å². The van der Waals surface area contributed by atoms with Crippen LogP contribution in [0.3, 0.4) is 0 Å². The van der Waals surface area contributed by atoms with Crippen molar-refractivity contribution in [3.8, 4) is 17.4 Å². The van der Waals surface area contributed by atoms with Crippen LogP contribution in [0, 0.1) is 17.8 Å². The largest absolute Gasteiger partial charge is 0.465 e. The van der Waals surface area contributed by atoms with Crippen molar-refractivity contribution < 1.29 is 19.0 Å². The lowest BCUT2D eigenvalue weighted by Gasteiger charge is -2.18. The fourth-order valence-electron chi connectivity index (χ4n) is 5.85. The number of nitrogens with one attached hydrogen (secondary N) is 1. The lowest BCUT2D eigenvalue weighted by molar-refractivity contribution is -0.181. The lowest BCUT2D eigenvalue weighted by atomic mass is 9.99.